The number of nitrogens with zero attached hydrogens (tertiary/aromatic N) is 1. The van der Waals surface area contributed by atoms with Crippen LogP contribution in [-0.2, 0) is 4.74 Å². The van der Waals surface area contributed by atoms with E-state index < -0.39 is 29.4 Å². The molecule has 142 valence electrons. The largest absolute Gasteiger partial charge is 0.451 e. The van der Waals surface area contributed by atoms with E-state index in [9.17, 15) is 28.5 Å². The van der Waals surface area contributed by atoms with Gasteiger partial charge >= 0.3 is 12.6 Å². The van der Waals surface area contributed by atoms with Gasteiger partial charge in [-0.25, -0.2) is 4.79 Å². The molecule has 0 unspecified atom stereocenters. The number of carbonyl (C=O) groups excluding carboxylic acids is 2. The van der Waals surface area contributed by atoms with Crippen molar-refractivity contribution in [2.45, 2.75) is 26.6 Å². The highest BCUT2D eigenvalue weighted by molar-refractivity contribution is 6.01. The maximum Gasteiger partial charge on any atom is 0.387 e. The average molecular weight is 379 g/mol. The fraction of sp³-hybridized carbons (Fsp3) is 0.222. The van der Waals surface area contributed by atoms with Crippen molar-refractivity contribution in [2.75, 3.05) is 0 Å². The number of carbonyl (C=O) groups is 2. The Bertz CT molecular complexity index is 867. The number of rotatable bonds is 7. The number of hydrogen-bond donors (Lipinski definition) is 0. The lowest BCUT2D eigenvalue weighted by atomic mass is 10.1. The van der Waals surface area contributed by atoms with E-state index in [-0.39, 0.29) is 28.1 Å². The first-order valence-corrected chi connectivity index (χ1v) is 7.74. The molecule has 2 aromatic carbocycles. The first kappa shape index (κ1) is 20.0. The van der Waals surface area contributed by atoms with E-state index in [0.29, 0.717) is 0 Å². The zero-order chi connectivity index (χ0) is 20.1. The average Bonchev–Trinajstić information content (AvgIpc) is 2.61. The third kappa shape index (κ3) is 4.84. The summed E-state index contributed by atoms with van der Waals surface area (Å²) in [6.45, 7) is -0.232. The smallest absolute Gasteiger partial charge is 0.387 e. The van der Waals surface area contributed by atoms with E-state index in [2.05, 4.69) is 4.74 Å². The number of alkyl halides is 2. The van der Waals surface area contributed by atoms with Crippen LogP contribution in [0.1, 0.15) is 33.2 Å². The van der Waals surface area contributed by atoms with E-state index in [0.717, 1.165) is 0 Å². The Morgan fingerprint density at radius 3 is 2.30 bits per heavy atom. The predicted octanol–water partition coefficient (Wildman–Crippen LogP) is 3.93. The number of Topliss-reactive ketones (excluding diaryl/α,β-unsaturated/α-hetero) is 1. The molecular weight excluding hydrogens is 364 g/mol. The van der Waals surface area contributed by atoms with Crippen molar-refractivity contribution in [2.24, 2.45) is 0 Å². The minimum Gasteiger partial charge on any atom is -0.451 e. The first-order chi connectivity index (χ1) is 12.7. The molecule has 0 fully saturated rings. The number of nitro groups is 1. The lowest BCUT2D eigenvalue weighted by Gasteiger charge is -2.14. The molecule has 9 heteroatoms. The predicted molar refractivity (Wildman–Crippen MR) is 90.1 cm³/mol. The Labute approximate surface area is 152 Å². The highest BCUT2D eigenvalue weighted by Crippen LogP contribution is 2.22. The summed E-state index contributed by atoms with van der Waals surface area (Å²) in [5.74, 6) is -1.55. The Balaban J connectivity index is 2.11. The van der Waals surface area contributed by atoms with Gasteiger partial charge in [0.05, 0.1) is 10.5 Å². The number of ketones is 1. The second-order valence-electron chi connectivity index (χ2n) is 5.52. The molecule has 0 aliphatic carbocycles. The van der Waals surface area contributed by atoms with Crippen LogP contribution in [0.25, 0.3) is 0 Å². The normalized spacial score (nSPS) is 11.7. The molecule has 0 heterocycles. The zero-order valence-corrected chi connectivity index (χ0v) is 14.3. The molecule has 27 heavy (non-hydrogen) atoms. The summed E-state index contributed by atoms with van der Waals surface area (Å²) in [4.78, 5) is 34.9. The van der Waals surface area contributed by atoms with Crippen LogP contribution >= 0.6 is 0 Å². The standard InChI is InChI=1S/C18H15F2NO6/c1-10-14(4-3-5-15(10)21(24)25)17(23)26-11(2)16(22)12-6-8-13(9-7-12)27-18(19)20/h3-9,11,18H,1-2H3/t11-/m0/s1. The SMILES string of the molecule is Cc1c(C(=O)O[C@@H](C)C(=O)c2ccc(OC(F)F)cc2)cccc1[N+](=O)[O-]. The van der Waals surface area contributed by atoms with Crippen LogP contribution in [0.5, 0.6) is 5.75 Å². The number of esters is 1. The molecule has 2 aromatic rings. The molecule has 0 spiro atoms. The van der Waals surface area contributed by atoms with Crippen molar-refractivity contribution >= 4 is 17.4 Å². The van der Waals surface area contributed by atoms with Gasteiger partial charge in [-0.2, -0.15) is 8.78 Å². The molecule has 0 amide bonds. The van der Waals surface area contributed by atoms with Crippen molar-refractivity contribution < 1.29 is 32.8 Å². The fourth-order valence-corrected chi connectivity index (χ4v) is 2.36. The van der Waals surface area contributed by atoms with Gasteiger partial charge in [0, 0.05) is 17.2 Å². The zero-order valence-electron chi connectivity index (χ0n) is 14.3. The molecule has 0 bridgehead atoms. The molecule has 0 radical (unpaired) electrons. The summed E-state index contributed by atoms with van der Waals surface area (Å²) < 4.78 is 33.6. The van der Waals surface area contributed by atoms with Crippen LogP contribution in [0.15, 0.2) is 42.5 Å². The van der Waals surface area contributed by atoms with Gasteiger partial charge in [0.15, 0.2) is 6.10 Å². The van der Waals surface area contributed by atoms with Crippen molar-refractivity contribution in [3.8, 4) is 5.75 Å². The second kappa shape index (κ2) is 8.35. The van der Waals surface area contributed by atoms with Crippen LogP contribution < -0.4 is 4.74 Å². The summed E-state index contributed by atoms with van der Waals surface area (Å²) >= 11 is 0. The second-order valence-corrected chi connectivity index (χ2v) is 5.52. The van der Waals surface area contributed by atoms with Crippen LogP contribution in [-0.4, -0.2) is 29.4 Å². The number of benzene rings is 2. The van der Waals surface area contributed by atoms with Gasteiger partial charge in [0.1, 0.15) is 5.75 Å². The molecule has 2 rings (SSSR count). The van der Waals surface area contributed by atoms with Gasteiger partial charge in [0.2, 0.25) is 5.78 Å². The van der Waals surface area contributed by atoms with Gasteiger partial charge in [-0.3, -0.25) is 14.9 Å². The van der Waals surface area contributed by atoms with Gasteiger partial charge in [-0.05, 0) is 44.2 Å². The number of hydrogen-bond acceptors (Lipinski definition) is 6. The molecule has 0 saturated heterocycles. The maximum absolute atomic E-state index is 12.3. The topological polar surface area (TPSA) is 95.7 Å². The molecule has 0 saturated carbocycles. The summed E-state index contributed by atoms with van der Waals surface area (Å²) in [7, 11) is 0. The van der Waals surface area contributed by atoms with Crippen molar-refractivity contribution in [1.29, 1.82) is 0 Å². The van der Waals surface area contributed by atoms with Crippen LogP contribution in [0.3, 0.4) is 0 Å². The Morgan fingerprint density at radius 2 is 1.74 bits per heavy atom. The Kier molecular flexibility index (Phi) is 6.17. The monoisotopic (exact) mass is 379 g/mol. The third-order valence-electron chi connectivity index (χ3n) is 3.74. The van der Waals surface area contributed by atoms with E-state index in [1.165, 1.54) is 56.3 Å². The highest BCUT2D eigenvalue weighted by atomic mass is 19.3. The minimum absolute atomic E-state index is 0.0236. The van der Waals surface area contributed by atoms with E-state index in [4.69, 9.17) is 4.74 Å². The van der Waals surface area contributed by atoms with Crippen molar-refractivity contribution in [3.63, 3.8) is 0 Å². The molecule has 0 aliphatic rings. The summed E-state index contributed by atoms with van der Waals surface area (Å²) in [6, 6.07) is 8.88. The molecule has 7 nitrogen and oxygen atoms in total. The quantitative estimate of drug-likeness (QED) is 0.313. The lowest BCUT2D eigenvalue weighted by molar-refractivity contribution is -0.385. The lowest BCUT2D eigenvalue weighted by Crippen LogP contribution is -2.25. The van der Waals surface area contributed by atoms with Crippen LogP contribution in [0.4, 0.5) is 14.5 Å². The van der Waals surface area contributed by atoms with Gasteiger partial charge < -0.3 is 9.47 Å². The Morgan fingerprint density at radius 1 is 1.11 bits per heavy atom. The number of halogens is 2. The van der Waals surface area contributed by atoms with Crippen LogP contribution in [0, 0.1) is 17.0 Å². The number of ether oxygens (including phenoxy) is 2. The molecular formula is C18H15F2NO6. The molecule has 0 aromatic heterocycles. The molecule has 1 atom stereocenters. The third-order valence-corrected chi connectivity index (χ3v) is 3.74. The minimum atomic E-state index is -2.98. The Hall–Kier alpha value is -3.36. The highest BCUT2D eigenvalue weighted by Gasteiger charge is 2.24. The van der Waals surface area contributed by atoms with E-state index in [1.807, 2.05) is 0 Å². The van der Waals surface area contributed by atoms with Crippen molar-refractivity contribution in [1.82, 2.24) is 0 Å². The summed E-state index contributed by atoms with van der Waals surface area (Å²) in [5.41, 5.74) is -0.00379. The molecule has 0 N–H and O–H groups in total. The maximum atomic E-state index is 12.3. The van der Waals surface area contributed by atoms with Crippen LogP contribution in [0.2, 0.25) is 0 Å². The molecule has 0 aliphatic heterocycles. The summed E-state index contributed by atoms with van der Waals surface area (Å²) in [5, 5.41) is 10.9. The van der Waals surface area contributed by atoms with E-state index >= 15 is 0 Å². The van der Waals surface area contributed by atoms with Crippen molar-refractivity contribution in [3.05, 3.63) is 69.3 Å². The van der Waals surface area contributed by atoms with E-state index in [1.54, 1.807) is 0 Å². The van der Waals surface area contributed by atoms with Gasteiger partial charge in [0.25, 0.3) is 5.69 Å². The fourth-order valence-electron chi connectivity index (χ4n) is 2.36. The van der Waals surface area contributed by atoms with Gasteiger partial charge in [-0.1, -0.05) is 6.07 Å². The first-order valence-electron chi connectivity index (χ1n) is 7.74. The number of nitro benzene ring substituents is 1. The summed E-state index contributed by atoms with van der Waals surface area (Å²) in [6.07, 6.45) is -1.18. The van der Waals surface area contributed by atoms with Gasteiger partial charge in [-0.15, -0.1) is 0 Å².